The van der Waals surface area contributed by atoms with Crippen LogP contribution in [0.4, 0.5) is 20.2 Å². The first kappa shape index (κ1) is 20.1. The Morgan fingerprint density at radius 1 is 1.07 bits per heavy atom. The molecule has 158 valence electrons. The van der Waals surface area contributed by atoms with Gasteiger partial charge in [-0.3, -0.25) is 9.59 Å². The van der Waals surface area contributed by atoms with Gasteiger partial charge in [0, 0.05) is 24.8 Å². The predicted octanol–water partition coefficient (Wildman–Crippen LogP) is 2.03. The highest BCUT2D eigenvalue weighted by molar-refractivity contribution is 5.95. The molecule has 0 aliphatic carbocycles. The first-order chi connectivity index (χ1) is 14.5. The third-order valence-electron chi connectivity index (χ3n) is 5.00. The van der Waals surface area contributed by atoms with Crippen LogP contribution >= 0.6 is 0 Å². The number of halogens is 2. The molecule has 0 saturated carbocycles. The first-order valence-electron chi connectivity index (χ1n) is 9.63. The van der Waals surface area contributed by atoms with Crippen molar-refractivity contribution < 1.29 is 27.8 Å². The van der Waals surface area contributed by atoms with Gasteiger partial charge in [-0.15, -0.1) is 0 Å². The van der Waals surface area contributed by atoms with E-state index in [0.29, 0.717) is 37.7 Å². The highest BCUT2D eigenvalue weighted by Crippen LogP contribution is 2.33. The molecule has 4 rings (SSSR count). The second-order valence-electron chi connectivity index (χ2n) is 7.07. The van der Waals surface area contributed by atoms with Gasteiger partial charge in [0.1, 0.15) is 5.75 Å². The number of hydrogen-bond donors (Lipinski definition) is 1. The van der Waals surface area contributed by atoms with E-state index in [1.165, 1.54) is 6.07 Å². The van der Waals surface area contributed by atoms with Crippen LogP contribution in [-0.4, -0.2) is 62.2 Å². The SMILES string of the molecule is O=C(CN1C[C@H](C(=O)N2CCOCC2)Oc2ccccc21)Nc1ccc(F)c(F)c1. The largest absolute Gasteiger partial charge is 0.477 e. The van der Waals surface area contributed by atoms with Crippen LogP contribution in [0.15, 0.2) is 42.5 Å². The van der Waals surface area contributed by atoms with Crippen LogP contribution in [0.2, 0.25) is 0 Å². The summed E-state index contributed by atoms with van der Waals surface area (Å²) in [5.41, 5.74) is 0.838. The van der Waals surface area contributed by atoms with Gasteiger partial charge in [-0.1, -0.05) is 12.1 Å². The third kappa shape index (κ3) is 4.35. The Bertz CT molecular complexity index is 950. The van der Waals surface area contributed by atoms with Gasteiger partial charge in [0.2, 0.25) is 5.91 Å². The Morgan fingerprint density at radius 3 is 2.60 bits per heavy atom. The van der Waals surface area contributed by atoms with E-state index in [1.54, 1.807) is 28.0 Å². The van der Waals surface area contributed by atoms with Crippen molar-refractivity contribution in [2.75, 3.05) is 49.6 Å². The molecule has 2 aromatic carbocycles. The number of benzene rings is 2. The first-order valence-corrected chi connectivity index (χ1v) is 9.63. The quantitative estimate of drug-likeness (QED) is 0.825. The highest BCUT2D eigenvalue weighted by atomic mass is 19.2. The Morgan fingerprint density at radius 2 is 1.83 bits per heavy atom. The van der Waals surface area contributed by atoms with Crippen LogP contribution in [0, 0.1) is 11.6 Å². The maximum atomic E-state index is 13.4. The Hall–Kier alpha value is -3.20. The van der Waals surface area contributed by atoms with Crippen LogP contribution < -0.4 is 15.0 Å². The number of nitrogens with one attached hydrogen (secondary N) is 1. The van der Waals surface area contributed by atoms with Crippen molar-refractivity contribution in [3.63, 3.8) is 0 Å². The fourth-order valence-corrected chi connectivity index (χ4v) is 3.52. The van der Waals surface area contributed by atoms with Crippen LogP contribution in [0.3, 0.4) is 0 Å². The highest BCUT2D eigenvalue weighted by Gasteiger charge is 2.34. The number of fused-ring (bicyclic) bond motifs is 1. The van der Waals surface area contributed by atoms with E-state index in [0.717, 1.165) is 12.1 Å². The number of amides is 2. The van der Waals surface area contributed by atoms with E-state index in [1.807, 2.05) is 6.07 Å². The summed E-state index contributed by atoms with van der Waals surface area (Å²) in [6.45, 7) is 2.07. The number of carbonyl (C=O) groups excluding carboxylic acids is 2. The van der Waals surface area contributed by atoms with Crippen LogP contribution in [-0.2, 0) is 14.3 Å². The molecule has 1 atom stereocenters. The summed E-state index contributed by atoms with van der Waals surface area (Å²) in [4.78, 5) is 28.9. The van der Waals surface area contributed by atoms with Crippen molar-refractivity contribution >= 4 is 23.2 Å². The maximum Gasteiger partial charge on any atom is 0.265 e. The summed E-state index contributed by atoms with van der Waals surface area (Å²) < 4.78 is 37.7. The Kier molecular flexibility index (Phi) is 5.80. The number of para-hydroxylation sites is 2. The van der Waals surface area contributed by atoms with Gasteiger partial charge >= 0.3 is 0 Å². The molecule has 1 fully saturated rings. The third-order valence-corrected chi connectivity index (χ3v) is 5.00. The molecular weight excluding hydrogens is 396 g/mol. The second kappa shape index (κ2) is 8.66. The number of ether oxygens (including phenoxy) is 2. The molecule has 2 heterocycles. The van der Waals surface area contributed by atoms with Crippen LogP contribution in [0.25, 0.3) is 0 Å². The summed E-state index contributed by atoms with van der Waals surface area (Å²) in [5, 5.41) is 2.56. The summed E-state index contributed by atoms with van der Waals surface area (Å²) in [7, 11) is 0. The van der Waals surface area contributed by atoms with E-state index in [4.69, 9.17) is 9.47 Å². The molecule has 0 unspecified atom stereocenters. The van der Waals surface area contributed by atoms with Gasteiger partial charge in [-0.05, 0) is 24.3 Å². The zero-order valence-corrected chi connectivity index (χ0v) is 16.1. The molecule has 7 nitrogen and oxygen atoms in total. The van der Waals surface area contributed by atoms with E-state index >= 15 is 0 Å². The van der Waals surface area contributed by atoms with Gasteiger partial charge in [-0.25, -0.2) is 8.78 Å². The monoisotopic (exact) mass is 417 g/mol. The Balaban J connectivity index is 1.48. The van der Waals surface area contributed by atoms with Gasteiger partial charge in [-0.2, -0.15) is 0 Å². The molecule has 30 heavy (non-hydrogen) atoms. The van der Waals surface area contributed by atoms with E-state index in [-0.39, 0.29) is 24.7 Å². The van der Waals surface area contributed by atoms with Crippen molar-refractivity contribution in [1.29, 1.82) is 0 Å². The van der Waals surface area contributed by atoms with E-state index < -0.39 is 23.6 Å². The van der Waals surface area contributed by atoms with Crippen molar-refractivity contribution in [1.82, 2.24) is 4.90 Å². The minimum Gasteiger partial charge on any atom is -0.477 e. The lowest BCUT2D eigenvalue weighted by atomic mass is 10.1. The molecule has 0 radical (unpaired) electrons. The summed E-state index contributed by atoms with van der Waals surface area (Å²) in [5.74, 6) is -2.09. The average molecular weight is 417 g/mol. The summed E-state index contributed by atoms with van der Waals surface area (Å²) >= 11 is 0. The van der Waals surface area contributed by atoms with Crippen LogP contribution in [0.1, 0.15) is 0 Å². The predicted molar refractivity (Wildman–Crippen MR) is 105 cm³/mol. The van der Waals surface area contributed by atoms with Gasteiger partial charge in [0.25, 0.3) is 5.91 Å². The lowest BCUT2D eigenvalue weighted by Gasteiger charge is -2.38. The Labute approximate surface area is 172 Å². The molecule has 0 bridgehead atoms. The average Bonchev–Trinajstić information content (AvgIpc) is 2.76. The van der Waals surface area contributed by atoms with Crippen LogP contribution in [0.5, 0.6) is 5.75 Å². The molecule has 2 aliphatic heterocycles. The maximum absolute atomic E-state index is 13.4. The number of rotatable bonds is 4. The second-order valence-corrected chi connectivity index (χ2v) is 7.07. The van der Waals surface area contributed by atoms with Gasteiger partial charge in [0.15, 0.2) is 17.7 Å². The molecular formula is C21H21F2N3O4. The fraction of sp³-hybridized carbons (Fsp3) is 0.333. The minimum absolute atomic E-state index is 0.0771. The lowest BCUT2D eigenvalue weighted by Crippen LogP contribution is -2.53. The number of nitrogens with zero attached hydrogens (tertiary/aromatic N) is 2. The van der Waals surface area contributed by atoms with E-state index in [9.17, 15) is 18.4 Å². The minimum atomic E-state index is -1.04. The molecule has 9 heteroatoms. The zero-order chi connectivity index (χ0) is 21.1. The van der Waals surface area contributed by atoms with Crippen molar-refractivity contribution in [2.24, 2.45) is 0 Å². The fourth-order valence-electron chi connectivity index (χ4n) is 3.52. The van der Waals surface area contributed by atoms with Crippen molar-refractivity contribution in [3.8, 4) is 5.75 Å². The normalized spacial score (nSPS) is 18.4. The topological polar surface area (TPSA) is 71.1 Å². The zero-order valence-electron chi connectivity index (χ0n) is 16.1. The molecule has 1 saturated heterocycles. The number of hydrogen-bond acceptors (Lipinski definition) is 5. The van der Waals surface area contributed by atoms with Crippen molar-refractivity contribution in [3.05, 3.63) is 54.1 Å². The smallest absolute Gasteiger partial charge is 0.265 e. The molecule has 2 amide bonds. The number of carbonyl (C=O) groups is 2. The van der Waals surface area contributed by atoms with Gasteiger partial charge in [0.05, 0.1) is 32.0 Å². The number of anilines is 2. The molecule has 2 aromatic rings. The lowest BCUT2D eigenvalue weighted by molar-refractivity contribution is -0.142. The van der Waals surface area contributed by atoms with Crippen molar-refractivity contribution in [2.45, 2.75) is 6.10 Å². The molecule has 2 aliphatic rings. The number of morpholine rings is 1. The summed E-state index contributed by atoms with van der Waals surface area (Å²) in [6.07, 6.45) is -0.755. The molecule has 0 aromatic heterocycles. The standard InChI is InChI=1S/C21H21F2N3O4/c22-15-6-5-14(11-16(15)23)24-20(27)13-26-12-19(21(28)25-7-9-29-10-8-25)30-18-4-2-1-3-17(18)26/h1-6,11,19H,7-10,12-13H2,(H,24,27)/t19-/m1/s1. The van der Waals surface area contributed by atoms with Gasteiger partial charge < -0.3 is 24.6 Å². The van der Waals surface area contributed by atoms with E-state index in [2.05, 4.69) is 5.32 Å². The summed E-state index contributed by atoms with van der Waals surface area (Å²) in [6, 6.07) is 10.3. The molecule has 0 spiro atoms. The molecule has 1 N–H and O–H groups in total.